The number of carbonyl (C=O) groups excluding carboxylic acids is 1. The Bertz CT molecular complexity index is 720. The zero-order chi connectivity index (χ0) is 16.5. The second-order valence-corrected chi connectivity index (χ2v) is 4.39. The van der Waals surface area contributed by atoms with Gasteiger partial charge in [0.05, 0.1) is 7.11 Å². The molecule has 2 heterocycles. The summed E-state index contributed by atoms with van der Waals surface area (Å²) < 4.78 is 41.9. The summed E-state index contributed by atoms with van der Waals surface area (Å²) >= 11 is 5.80. The Kier molecular flexibility index (Phi) is 4.18. The molecule has 0 unspecified atom stereocenters. The number of carbonyl (C=O) groups is 1. The maximum atomic E-state index is 12.5. The van der Waals surface area contributed by atoms with Crippen molar-refractivity contribution < 1.29 is 22.7 Å². The van der Waals surface area contributed by atoms with Crippen molar-refractivity contribution in [2.24, 2.45) is 0 Å². The first kappa shape index (κ1) is 16.0. The van der Waals surface area contributed by atoms with E-state index in [1.165, 1.54) is 0 Å². The Morgan fingerprint density at radius 3 is 2.50 bits per heavy atom. The van der Waals surface area contributed by atoms with E-state index >= 15 is 0 Å². The molecule has 0 fully saturated rings. The molecular weight excluding hydrogens is 325 g/mol. The number of pyridine rings is 1. The van der Waals surface area contributed by atoms with Gasteiger partial charge in [-0.2, -0.15) is 13.2 Å². The van der Waals surface area contributed by atoms with Gasteiger partial charge in [-0.25, -0.2) is 14.8 Å². The predicted octanol–water partition coefficient (Wildman–Crippen LogP) is 2.58. The summed E-state index contributed by atoms with van der Waals surface area (Å²) in [6.07, 6.45) is -3.64. The van der Waals surface area contributed by atoms with Gasteiger partial charge in [0.2, 0.25) is 0 Å². The largest absolute Gasteiger partial charge is 0.464 e. The van der Waals surface area contributed by atoms with E-state index in [0.29, 0.717) is 0 Å². The van der Waals surface area contributed by atoms with Gasteiger partial charge in [0, 0.05) is 11.8 Å². The highest BCUT2D eigenvalue weighted by molar-refractivity contribution is 6.35. The molecule has 0 aliphatic heterocycles. The van der Waals surface area contributed by atoms with Crippen molar-refractivity contribution in [1.29, 1.82) is 0 Å². The fourth-order valence-electron chi connectivity index (χ4n) is 1.52. The van der Waals surface area contributed by atoms with E-state index in [9.17, 15) is 18.0 Å². The topological polar surface area (TPSA) is 91.0 Å². The van der Waals surface area contributed by atoms with Gasteiger partial charge in [0.25, 0.3) is 0 Å². The molecule has 0 aromatic carbocycles. The van der Waals surface area contributed by atoms with E-state index in [1.54, 1.807) is 0 Å². The van der Waals surface area contributed by atoms with E-state index in [1.807, 2.05) is 0 Å². The van der Waals surface area contributed by atoms with E-state index in [0.717, 1.165) is 25.4 Å². The van der Waals surface area contributed by atoms with Crippen LogP contribution in [0.3, 0.4) is 0 Å². The molecule has 10 heteroatoms. The Balaban J connectivity index is 2.49. The van der Waals surface area contributed by atoms with Gasteiger partial charge in [-0.3, -0.25) is 4.98 Å². The van der Waals surface area contributed by atoms with E-state index < -0.39 is 17.8 Å². The Hall–Kier alpha value is -2.42. The monoisotopic (exact) mass is 332 g/mol. The summed E-state index contributed by atoms with van der Waals surface area (Å²) in [5.74, 6) is -1.14. The van der Waals surface area contributed by atoms with Crippen molar-refractivity contribution in [1.82, 2.24) is 15.0 Å². The van der Waals surface area contributed by atoms with Crippen LogP contribution in [0, 0.1) is 0 Å². The summed E-state index contributed by atoms with van der Waals surface area (Å²) in [7, 11) is 1.12. The molecule has 2 rings (SSSR count). The third-order valence-corrected chi connectivity index (χ3v) is 2.94. The molecule has 2 aromatic rings. The molecular formula is C12H8ClF3N4O2. The number of hydrogen-bond donors (Lipinski definition) is 1. The minimum absolute atomic E-state index is 0.0940. The standard InChI is InChI=1S/C12H8ClF3N4O2/c1-22-11(21)8-7(13)9(17)20-10(19-8)5-2-3-6(18-4-5)12(14,15)16/h2-4H,1H3,(H2,17,19,20). The van der Waals surface area contributed by atoms with Crippen LogP contribution in [0.25, 0.3) is 11.4 Å². The number of esters is 1. The van der Waals surface area contributed by atoms with E-state index in [-0.39, 0.29) is 27.9 Å². The SMILES string of the molecule is COC(=O)c1nc(-c2ccc(C(F)(F)F)nc2)nc(N)c1Cl. The minimum Gasteiger partial charge on any atom is -0.464 e. The molecule has 0 saturated carbocycles. The average molecular weight is 333 g/mol. The lowest BCUT2D eigenvalue weighted by Gasteiger charge is -2.08. The number of hydrogen-bond acceptors (Lipinski definition) is 6. The lowest BCUT2D eigenvalue weighted by atomic mass is 10.2. The van der Waals surface area contributed by atoms with Gasteiger partial charge in [-0.15, -0.1) is 0 Å². The van der Waals surface area contributed by atoms with Crippen LogP contribution in [0.5, 0.6) is 0 Å². The van der Waals surface area contributed by atoms with Crippen molar-refractivity contribution in [2.75, 3.05) is 12.8 Å². The molecule has 0 amide bonds. The van der Waals surface area contributed by atoms with Gasteiger partial charge in [-0.1, -0.05) is 11.6 Å². The summed E-state index contributed by atoms with van der Waals surface area (Å²) in [6.45, 7) is 0. The highest BCUT2D eigenvalue weighted by Crippen LogP contribution is 2.29. The summed E-state index contributed by atoms with van der Waals surface area (Å²) in [5.41, 5.74) is 4.35. The lowest BCUT2D eigenvalue weighted by molar-refractivity contribution is -0.141. The quantitative estimate of drug-likeness (QED) is 0.850. The molecule has 0 aliphatic carbocycles. The van der Waals surface area contributed by atoms with Crippen molar-refractivity contribution in [2.45, 2.75) is 6.18 Å². The van der Waals surface area contributed by atoms with Gasteiger partial charge in [0.15, 0.2) is 11.5 Å². The van der Waals surface area contributed by atoms with Crippen LogP contribution < -0.4 is 5.73 Å². The van der Waals surface area contributed by atoms with Crippen molar-refractivity contribution in [3.63, 3.8) is 0 Å². The number of nitrogen functional groups attached to an aromatic ring is 1. The van der Waals surface area contributed by atoms with Crippen LogP contribution >= 0.6 is 11.6 Å². The highest BCUT2D eigenvalue weighted by Gasteiger charge is 2.32. The fourth-order valence-corrected chi connectivity index (χ4v) is 1.68. The maximum absolute atomic E-state index is 12.5. The second kappa shape index (κ2) is 5.76. The number of rotatable bonds is 2. The summed E-state index contributed by atoms with van der Waals surface area (Å²) in [5, 5.41) is -0.199. The Morgan fingerprint density at radius 1 is 1.32 bits per heavy atom. The third-order valence-electron chi connectivity index (χ3n) is 2.57. The van der Waals surface area contributed by atoms with Crippen LogP contribution in [-0.2, 0) is 10.9 Å². The van der Waals surface area contributed by atoms with Crippen molar-refractivity contribution in [3.05, 3.63) is 34.7 Å². The Morgan fingerprint density at radius 2 is 2.00 bits per heavy atom. The number of nitrogens with two attached hydrogens (primary N) is 1. The molecule has 2 N–H and O–H groups in total. The smallest absolute Gasteiger partial charge is 0.433 e. The van der Waals surface area contributed by atoms with Crippen LogP contribution in [0.2, 0.25) is 5.02 Å². The molecule has 0 aliphatic rings. The zero-order valence-electron chi connectivity index (χ0n) is 11.0. The normalized spacial score (nSPS) is 11.3. The lowest BCUT2D eigenvalue weighted by Crippen LogP contribution is -2.10. The molecule has 6 nitrogen and oxygen atoms in total. The van der Waals surface area contributed by atoms with Crippen LogP contribution in [-0.4, -0.2) is 28.0 Å². The van der Waals surface area contributed by atoms with E-state index in [4.69, 9.17) is 17.3 Å². The molecule has 0 atom stereocenters. The maximum Gasteiger partial charge on any atom is 0.433 e. The van der Waals surface area contributed by atoms with Gasteiger partial charge >= 0.3 is 12.1 Å². The van der Waals surface area contributed by atoms with Crippen molar-refractivity contribution in [3.8, 4) is 11.4 Å². The van der Waals surface area contributed by atoms with Gasteiger partial charge in [0.1, 0.15) is 16.5 Å². The van der Waals surface area contributed by atoms with Crippen LogP contribution in [0.1, 0.15) is 16.2 Å². The minimum atomic E-state index is -4.56. The summed E-state index contributed by atoms with van der Waals surface area (Å²) in [6, 6.07) is 1.88. The predicted molar refractivity (Wildman–Crippen MR) is 71.0 cm³/mol. The molecule has 0 spiro atoms. The number of ether oxygens (including phenoxy) is 1. The first-order valence-corrected chi connectivity index (χ1v) is 6.06. The Labute approximate surface area is 127 Å². The fraction of sp³-hybridized carbons (Fsp3) is 0.167. The highest BCUT2D eigenvalue weighted by atomic mass is 35.5. The van der Waals surface area contributed by atoms with E-state index in [2.05, 4.69) is 19.7 Å². The number of anilines is 1. The summed E-state index contributed by atoms with van der Waals surface area (Å²) in [4.78, 5) is 22.5. The molecule has 22 heavy (non-hydrogen) atoms. The molecule has 0 bridgehead atoms. The van der Waals surface area contributed by atoms with Gasteiger partial charge < -0.3 is 10.5 Å². The zero-order valence-corrected chi connectivity index (χ0v) is 11.7. The van der Waals surface area contributed by atoms with Crippen LogP contribution in [0.4, 0.5) is 19.0 Å². The number of alkyl halides is 3. The molecule has 0 radical (unpaired) electrons. The molecule has 2 aromatic heterocycles. The molecule has 116 valence electrons. The van der Waals surface area contributed by atoms with Crippen LogP contribution in [0.15, 0.2) is 18.3 Å². The third kappa shape index (κ3) is 3.08. The molecule has 0 saturated heterocycles. The number of aromatic nitrogens is 3. The average Bonchev–Trinajstić information content (AvgIpc) is 2.48. The number of methoxy groups -OCH3 is 1. The van der Waals surface area contributed by atoms with Gasteiger partial charge in [-0.05, 0) is 12.1 Å². The number of nitrogens with zero attached hydrogens (tertiary/aromatic N) is 3. The number of halogens is 4. The first-order valence-electron chi connectivity index (χ1n) is 5.69. The first-order chi connectivity index (χ1) is 10.2. The van der Waals surface area contributed by atoms with Crippen molar-refractivity contribution >= 4 is 23.4 Å². The second-order valence-electron chi connectivity index (χ2n) is 4.02.